The van der Waals surface area contributed by atoms with Gasteiger partial charge in [0.05, 0.1) is 4.90 Å². The van der Waals surface area contributed by atoms with Crippen LogP contribution in [0.25, 0.3) is 0 Å². The maximum absolute atomic E-state index is 13.3. The molecular formula is C23H29F2N3O3S. The standard InChI is InChI=1S/C23H29F2N3O3S/c1-26(2)15-16-27(17-18-3-5-20(24)6-4-18)23(29)19-11-13-28(14-12-19)32(30,31)22-9-7-21(25)8-10-22/h3-10,19H,11-17H2,1-2H3. The van der Waals surface area contributed by atoms with Gasteiger partial charge in [0.25, 0.3) is 0 Å². The van der Waals surface area contributed by atoms with Gasteiger partial charge in [-0.25, -0.2) is 17.2 Å². The molecule has 0 N–H and O–H groups in total. The van der Waals surface area contributed by atoms with Gasteiger partial charge in [-0.05, 0) is 68.9 Å². The molecule has 1 amide bonds. The van der Waals surface area contributed by atoms with E-state index in [1.807, 2.05) is 19.0 Å². The van der Waals surface area contributed by atoms with Crippen LogP contribution in [0.3, 0.4) is 0 Å². The molecule has 0 radical (unpaired) electrons. The number of sulfonamides is 1. The lowest BCUT2D eigenvalue weighted by molar-refractivity contribution is -0.137. The van der Waals surface area contributed by atoms with Crippen molar-refractivity contribution in [2.75, 3.05) is 40.3 Å². The lowest BCUT2D eigenvalue weighted by Crippen LogP contribution is -2.45. The summed E-state index contributed by atoms with van der Waals surface area (Å²) >= 11 is 0. The van der Waals surface area contributed by atoms with Crippen molar-refractivity contribution in [2.24, 2.45) is 5.92 Å². The predicted molar refractivity (Wildman–Crippen MR) is 118 cm³/mol. The van der Waals surface area contributed by atoms with Gasteiger partial charge in [-0.15, -0.1) is 0 Å². The summed E-state index contributed by atoms with van der Waals surface area (Å²) < 4.78 is 53.4. The molecule has 1 heterocycles. The quantitative estimate of drug-likeness (QED) is 0.602. The van der Waals surface area contributed by atoms with E-state index in [-0.39, 0.29) is 35.6 Å². The first-order valence-corrected chi connectivity index (χ1v) is 12.0. The summed E-state index contributed by atoms with van der Waals surface area (Å²) in [6, 6.07) is 10.9. The van der Waals surface area contributed by atoms with E-state index in [1.54, 1.807) is 17.0 Å². The molecule has 2 aromatic rings. The van der Waals surface area contributed by atoms with E-state index < -0.39 is 15.8 Å². The molecule has 3 rings (SSSR count). The van der Waals surface area contributed by atoms with E-state index in [0.29, 0.717) is 32.5 Å². The van der Waals surface area contributed by atoms with Gasteiger partial charge in [0.15, 0.2) is 0 Å². The number of amides is 1. The third-order valence-corrected chi connectivity index (χ3v) is 7.58. The zero-order chi connectivity index (χ0) is 23.3. The van der Waals surface area contributed by atoms with Gasteiger partial charge in [-0.2, -0.15) is 4.31 Å². The minimum atomic E-state index is -3.72. The fourth-order valence-electron chi connectivity index (χ4n) is 3.76. The molecular weight excluding hydrogens is 436 g/mol. The summed E-state index contributed by atoms with van der Waals surface area (Å²) in [4.78, 5) is 17.1. The first kappa shape index (κ1) is 24.3. The van der Waals surface area contributed by atoms with Crippen molar-refractivity contribution in [1.29, 1.82) is 0 Å². The monoisotopic (exact) mass is 465 g/mol. The summed E-state index contributed by atoms with van der Waals surface area (Å²) in [5.41, 5.74) is 0.842. The number of halogens is 2. The van der Waals surface area contributed by atoms with Gasteiger partial charge in [0.2, 0.25) is 15.9 Å². The van der Waals surface area contributed by atoms with Gasteiger partial charge in [-0.3, -0.25) is 4.79 Å². The molecule has 0 saturated carbocycles. The second-order valence-corrected chi connectivity index (χ2v) is 10.3. The zero-order valence-corrected chi connectivity index (χ0v) is 19.2. The van der Waals surface area contributed by atoms with Crippen LogP contribution < -0.4 is 0 Å². The number of benzene rings is 2. The molecule has 1 aliphatic rings. The molecule has 32 heavy (non-hydrogen) atoms. The van der Waals surface area contributed by atoms with E-state index in [9.17, 15) is 22.0 Å². The summed E-state index contributed by atoms with van der Waals surface area (Å²) in [6.45, 7) is 2.05. The highest BCUT2D eigenvalue weighted by molar-refractivity contribution is 7.89. The first-order chi connectivity index (χ1) is 15.2. The molecule has 174 valence electrons. The number of likely N-dealkylation sites (N-methyl/N-ethyl adjacent to an activating group) is 1. The Balaban J connectivity index is 1.66. The average Bonchev–Trinajstić information content (AvgIpc) is 2.77. The Hall–Kier alpha value is -2.36. The lowest BCUT2D eigenvalue weighted by Gasteiger charge is -2.34. The molecule has 0 aromatic heterocycles. The summed E-state index contributed by atoms with van der Waals surface area (Å²) in [5.74, 6) is -1.12. The predicted octanol–water partition coefficient (Wildman–Crippen LogP) is 2.96. The van der Waals surface area contributed by atoms with Crippen molar-refractivity contribution in [3.8, 4) is 0 Å². The zero-order valence-electron chi connectivity index (χ0n) is 18.4. The fourth-order valence-corrected chi connectivity index (χ4v) is 5.22. The van der Waals surface area contributed by atoms with Gasteiger partial charge in [-0.1, -0.05) is 12.1 Å². The smallest absolute Gasteiger partial charge is 0.243 e. The minimum absolute atomic E-state index is 0.0185. The van der Waals surface area contributed by atoms with Crippen molar-refractivity contribution >= 4 is 15.9 Å². The van der Waals surface area contributed by atoms with E-state index in [0.717, 1.165) is 17.7 Å². The topological polar surface area (TPSA) is 60.9 Å². The number of piperidine rings is 1. The fraction of sp³-hybridized carbons (Fsp3) is 0.435. The second kappa shape index (κ2) is 10.5. The van der Waals surface area contributed by atoms with Crippen molar-refractivity contribution in [3.63, 3.8) is 0 Å². The normalized spacial score (nSPS) is 15.8. The number of carbonyl (C=O) groups excluding carboxylic acids is 1. The highest BCUT2D eigenvalue weighted by Crippen LogP contribution is 2.26. The van der Waals surface area contributed by atoms with E-state index in [2.05, 4.69) is 0 Å². The Morgan fingerprint density at radius 3 is 2.00 bits per heavy atom. The van der Waals surface area contributed by atoms with Crippen molar-refractivity contribution in [2.45, 2.75) is 24.3 Å². The van der Waals surface area contributed by atoms with Crippen LogP contribution in [0.2, 0.25) is 0 Å². The Morgan fingerprint density at radius 2 is 1.47 bits per heavy atom. The SMILES string of the molecule is CN(C)CCN(Cc1ccc(F)cc1)C(=O)C1CCN(S(=O)(=O)c2ccc(F)cc2)CC1. The van der Waals surface area contributed by atoms with E-state index in [4.69, 9.17) is 0 Å². The van der Waals surface area contributed by atoms with Gasteiger partial charge in [0, 0.05) is 38.6 Å². The average molecular weight is 466 g/mol. The molecule has 0 bridgehead atoms. The summed E-state index contributed by atoms with van der Waals surface area (Å²) in [6.07, 6.45) is 0.836. The molecule has 2 aromatic carbocycles. The van der Waals surface area contributed by atoms with Crippen LogP contribution in [0, 0.1) is 17.6 Å². The minimum Gasteiger partial charge on any atom is -0.337 e. The largest absolute Gasteiger partial charge is 0.337 e. The second-order valence-electron chi connectivity index (χ2n) is 8.32. The highest BCUT2D eigenvalue weighted by atomic mass is 32.2. The number of rotatable bonds is 8. The van der Waals surface area contributed by atoms with E-state index in [1.165, 1.54) is 28.6 Å². The number of hydrogen-bond donors (Lipinski definition) is 0. The van der Waals surface area contributed by atoms with Crippen LogP contribution in [-0.2, 0) is 21.4 Å². The molecule has 0 unspecified atom stereocenters. The first-order valence-electron chi connectivity index (χ1n) is 10.6. The van der Waals surface area contributed by atoms with Crippen molar-refractivity contribution in [3.05, 3.63) is 65.7 Å². The van der Waals surface area contributed by atoms with Gasteiger partial charge < -0.3 is 9.80 Å². The molecule has 1 fully saturated rings. The highest BCUT2D eigenvalue weighted by Gasteiger charge is 2.33. The van der Waals surface area contributed by atoms with Crippen LogP contribution in [-0.4, -0.2) is 68.7 Å². The Kier molecular flexibility index (Phi) is 7.97. The summed E-state index contributed by atoms with van der Waals surface area (Å²) in [5, 5.41) is 0. The molecule has 1 aliphatic heterocycles. The Morgan fingerprint density at radius 1 is 0.938 bits per heavy atom. The van der Waals surface area contributed by atoms with Crippen LogP contribution in [0.5, 0.6) is 0 Å². The van der Waals surface area contributed by atoms with Crippen LogP contribution in [0.4, 0.5) is 8.78 Å². The Labute approximate surface area is 188 Å². The van der Waals surface area contributed by atoms with Crippen molar-refractivity contribution in [1.82, 2.24) is 14.1 Å². The third-order valence-electron chi connectivity index (χ3n) is 5.67. The third kappa shape index (κ3) is 6.11. The molecule has 0 atom stereocenters. The molecule has 9 heteroatoms. The maximum atomic E-state index is 13.3. The van der Waals surface area contributed by atoms with Crippen LogP contribution >= 0.6 is 0 Å². The van der Waals surface area contributed by atoms with E-state index >= 15 is 0 Å². The molecule has 0 spiro atoms. The molecule has 0 aliphatic carbocycles. The maximum Gasteiger partial charge on any atom is 0.243 e. The lowest BCUT2D eigenvalue weighted by atomic mass is 9.96. The van der Waals surface area contributed by atoms with Crippen molar-refractivity contribution < 1.29 is 22.0 Å². The Bertz CT molecular complexity index is 1000. The van der Waals surface area contributed by atoms with Gasteiger partial charge in [0.1, 0.15) is 11.6 Å². The number of carbonyl (C=O) groups is 1. The summed E-state index contributed by atoms with van der Waals surface area (Å²) in [7, 11) is 0.137. The molecule has 1 saturated heterocycles. The van der Waals surface area contributed by atoms with Crippen LogP contribution in [0.1, 0.15) is 18.4 Å². The number of hydrogen-bond acceptors (Lipinski definition) is 4. The van der Waals surface area contributed by atoms with Gasteiger partial charge >= 0.3 is 0 Å². The van der Waals surface area contributed by atoms with Crippen LogP contribution in [0.15, 0.2) is 53.4 Å². The number of nitrogens with zero attached hydrogens (tertiary/aromatic N) is 3. The molecule has 6 nitrogen and oxygen atoms in total.